The molecule has 0 saturated heterocycles. The van der Waals surface area contributed by atoms with Crippen LogP contribution in [0, 0.1) is 0 Å². The van der Waals surface area contributed by atoms with E-state index in [0.717, 1.165) is 0 Å². The Balaban J connectivity index is 3.60. The summed E-state index contributed by atoms with van der Waals surface area (Å²) in [6, 6.07) is 0. The summed E-state index contributed by atoms with van der Waals surface area (Å²) in [5, 5.41) is 8.77. The van der Waals surface area contributed by atoms with Crippen LogP contribution in [0.15, 0.2) is 36.1 Å². The first kappa shape index (κ1) is 10.3. The molecule has 0 saturated carbocycles. The van der Waals surface area contributed by atoms with Crippen LogP contribution in [-0.2, 0) is 4.74 Å². The minimum absolute atomic E-state index is 0.0192. The molecule has 0 atom stereocenters. The van der Waals surface area contributed by atoms with Gasteiger partial charge in [0.05, 0.1) is 6.61 Å². The largest absolute Gasteiger partial charge is 0.492 e. The van der Waals surface area contributed by atoms with Crippen LogP contribution in [0.4, 0.5) is 0 Å². The van der Waals surface area contributed by atoms with Crippen molar-refractivity contribution in [3.05, 3.63) is 36.1 Å². The Kier molecular flexibility index (Phi) is 5.61. The number of aliphatic hydroxyl groups is 1. The van der Waals surface area contributed by atoms with Gasteiger partial charge < -0.3 is 9.84 Å². The lowest BCUT2D eigenvalue weighted by molar-refractivity contribution is 0.153. The van der Waals surface area contributed by atoms with Crippen molar-refractivity contribution in [2.45, 2.75) is 0 Å². The molecule has 0 amide bonds. The molecule has 0 aromatic rings. The quantitative estimate of drug-likeness (QED) is 0.509. The van der Waals surface area contributed by atoms with E-state index in [0.29, 0.717) is 10.8 Å². The number of allylic oxidation sites excluding steroid dienone is 3. The third kappa shape index (κ3) is 7.16. The van der Waals surface area contributed by atoms with Crippen LogP contribution < -0.4 is 0 Å². The summed E-state index contributed by atoms with van der Waals surface area (Å²) in [5.41, 5.74) is 0. The number of halogens is 1. The molecule has 0 aliphatic carbocycles. The van der Waals surface area contributed by atoms with Gasteiger partial charge in [-0.15, -0.1) is 0 Å². The Hall–Kier alpha value is -0.730. The molecule has 0 spiro atoms. The van der Waals surface area contributed by atoms with Gasteiger partial charge in [-0.1, -0.05) is 24.8 Å². The van der Waals surface area contributed by atoms with Gasteiger partial charge in [-0.05, 0) is 12.2 Å². The molecule has 1 N–H and O–H groups in total. The van der Waals surface area contributed by atoms with Crippen LogP contribution in [0.2, 0.25) is 0 Å². The maximum absolute atomic E-state index is 8.36. The van der Waals surface area contributed by atoms with Crippen molar-refractivity contribution in [3.8, 4) is 0 Å². The van der Waals surface area contributed by atoms with Crippen molar-refractivity contribution in [3.63, 3.8) is 0 Å². The van der Waals surface area contributed by atoms with Gasteiger partial charge in [0.1, 0.15) is 12.4 Å². The van der Waals surface area contributed by atoms with Gasteiger partial charge in [0.15, 0.2) is 0 Å². The maximum atomic E-state index is 8.36. The molecule has 0 heterocycles. The summed E-state index contributed by atoms with van der Waals surface area (Å²) in [4.78, 5) is 0. The molecule has 0 bridgehead atoms. The molecule has 3 heteroatoms. The summed E-state index contributed by atoms with van der Waals surface area (Å²) in [6.45, 7) is 7.21. The molecule has 2 nitrogen and oxygen atoms in total. The summed E-state index contributed by atoms with van der Waals surface area (Å²) >= 11 is 5.43. The van der Waals surface area contributed by atoms with Gasteiger partial charge >= 0.3 is 0 Å². The number of ether oxygens (including phenoxy) is 1. The number of rotatable bonds is 5. The van der Waals surface area contributed by atoms with Crippen LogP contribution in [0.5, 0.6) is 0 Å². The van der Waals surface area contributed by atoms with E-state index in [9.17, 15) is 0 Å². The number of hydrogen-bond donors (Lipinski definition) is 1. The van der Waals surface area contributed by atoms with Gasteiger partial charge in [-0.3, -0.25) is 0 Å². The van der Waals surface area contributed by atoms with Crippen LogP contribution in [-0.4, -0.2) is 18.3 Å². The van der Waals surface area contributed by atoms with E-state index in [4.69, 9.17) is 21.4 Å². The molecule has 0 unspecified atom stereocenters. The maximum Gasteiger partial charge on any atom is 0.112 e. The van der Waals surface area contributed by atoms with E-state index in [1.165, 1.54) is 0 Å². The van der Waals surface area contributed by atoms with Crippen LogP contribution >= 0.6 is 11.6 Å². The van der Waals surface area contributed by atoms with Crippen molar-refractivity contribution in [1.29, 1.82) is 0 Å². The molecule has 0 aromatic carbocycles. The highest BCUT2D eigenvalue weighted by atomic mass is 35.5. The highest BCUT2D eigenvalue weighted by Crippen LogP contribution is 2.02. The highest BCUT2D eigenvalue weighted by Gasteiger charge is 1.86. The molecule has 0 radical (unpaired) electrons. The van der Waals surface area contributed by atoms with Crippen molar-refractivity contribution in [2.75, 3.05) is 13.2 Å². The molecule has 11 heavy (non-hydrogen) atoms. The topological polar surface area (TPSA) is 29.5 Å². The smallest absolute Gasteiger partial charge is 0.112 e. The van der Waals surface area contributed by atoms with Crippen molar-refractivity contribution in [2.24, 2.45) is 0 Å². The molecule has 0 rings (SSSR count). The third-order valence-electron chi connectivity index (χ3n) is 0.829. The van der Waals surface area contributed by atoms with Gasteiger partial charge in [0, 0.05) is 5.03 Å². The first-order chi connectivity index (χ1) is 5.16. The second-order valence-corrected chi connectivity index (χ2v) is 2.30. The van der Waals surface area contributed by atoms with E-state index in [2.05, 4.69) is 13.2 Å². The molecule has 62 valence electrons. The highest BCUT2D eigenvalue weighted by molar-refractivity contribution is 6.30. The lowest BCUT2D eigenvalue weighted by atomic mass is 10.4. The van der Waals surface area contributed by atoms with Crippen LogP contribution in [0.3, 0.4) is 0 Å². The number of aliphatic hydroxyl groups excluding tert-OH is 1. The van der Waals surface area contributed by atoms with E-state index in [-0.39, 0.29) is 13.2 Å². The molecular weight excluding hydrogens is 164 g/mol. The van der Waals surface area contributed by atoms with Gasteiger partial charge in [0.2, 0.25) is 0 Å². The molecule has 0 fully saturated rings. The fraction of sp³-hybridized carbons (Fsp3) is 0.250. The monoisotopic (exact) mass is 174 g/mol. The zero-order valence-corrected chi connectivity index (χ0v) is 6.97. The Morgan fingerprint density at radius 2 is 2.09 bits per heavy atom. The van der Waals surface area contributed by atoms with E-state index in [1.54, 1.807) is 12.2 Å². The SMILES string of the molecule is C=C(Cl)C=CC(=C)OCCO. The van der Waals surface area contributed by atoms with Crippen molar-refractivity contribution < 1.29 is 9.84 Å². The van der Waals surface area contributed by atoms with E-state index >= 15 is 0 Å². The Morgan fingerprint density at radius 1 is 1.45 bits per heavy atom. The third-order valence-corrected chi connectivity index (χ3v) is 0.955. The molecular formula is C8H11ClO2. The van der Waals surface area contributed by atoms with Gasteiger partial charge in [-0.25, -0.2) is 0 Å². The fourth-order valence-electron chi connectivity index (χ4n) is 0.408. The first-order valence-corrected chi connectivity index (χ1v) is 3.49. The van der Waals surface area contributed by atoms with Crippen molar-refractivity contribution >= 4 is 11.6 Å². The normalized spacial score (nSPS) is 10.0. The van der Waals surface area contributed by atoms with Crippen LogP contribution in [0.25, 0.3) is 0 Å². The van der Waals surface area contributed by atoms with Gasteiger partial charge in [-0.2, -0.15) is 0 Å². The van der Waals surface area contributed by atoms with Crippen molar-refractivity contribution in [1.82, 2.24) is 0 Å². The number of hydrogen-bond acceptors (Lipinski definition) is 2. The average molecular weight is 175 g/mol. The Labute approximate surface area is 71.4 Å². The predicted molar refractivity (Wildman–Crippen MR) is 46.3 cm³/mol. The van der Waals surface area contributed by atoms with E-state index < -0.39 is 0 Å². The summed E-state index contributed by atoms with van der Waals surface area (Å²) in [7, 11) is 0. The minimum atomic E-state index is -0.0192. The van der Waals surface area contributed by atoms with E-state index in [1.807, 2.05) is 0 Å². The first-order valence-electron chi connectivity index (χ1n) is 3.12. The summed E-state index contributed by atoms with van der Waals surface area (Å²) < 4.78 is 4.91. The zero-order chi connectivity index (χ0) is 8.69. The van der Waals surface area contributed by atoms with Crippen LogP contribution in [0.1, 0.15) is 0 Å². The zero-order valence-electron chi connectivity index (χ0n) is 6.22. The minimum Gasteiger partial charge on any atom is -0.492 e. The predicted octanol–water partition coefficient (Wildman–Crippen LogP) is 1.82. The fourth-order valence-corrected chi connectivity index (χ4v) is 0.471. The van der Waals surface area contributed by atoms with Gasteiger partial charge in [0.25, 0.3) is 0 Å². The second-order valence-electron chi connectivity index (χ2n) is 1.82. The Bertz CT molecular complexity index is 173. The lowest BCUT2D eigenvalue weighted by Crippen LogP contribution is -1.96. The molecule has 0 aliphatic heterocycles. The molecule has 0 aromatic heterocycles. The summed E-state index contributed by atoms with van der Waals surface area (Å²) in [6.07, 6.45) is 3.16. The molecule has 0 aliphatic rings. The lowest BCUT2D eigenvalue weighted by Gasteiger charge is -2.01. The second kappa shape index (κ2) is 6.01. The Morgan fingerprint density at radius 3 is 2.55 bits per heavy atom. The summed E-state index contributed by atoms with van der Waals surface area (Å²) in [5.74, 6) is 0.459. The standard InChI is InChI=1S/C8H11ClO2/c1-7(9)3-4-8(2)11-6-5-10/h3-4,10H,1-2,5-6H2. The average Bonchev–Trinajstić information content (AvgIpc) is 1.97.